The van der Waals surface area contributed by atoms with E-state index in [0.717, 1.165) is 24.3 Å². The minimum atomic E-state index is -0.302. The number of halogens is 1. The van der Waals surface area contributed by atoms with Crippen molar-refractivity contribution in [1.82, 2.24) is 10.2 Å². The molecule has 0 fully saturated rings. The van der Waals surface area contributed by atoms with E-state index >= 15 is 0 Å². The minimum Gasteiger partial charge on any atom is -0.497 e. The van der Waals surface area contributed by atoms with Gasteiger partial charge in [-0.2, -0.15) is 0 Å². The van der Waals surface area contributed by atoms with Crippen molar-refractivity contribution in [2.45, 2.75) is 6.42 Å². The molecule has 2 amide bonds. The third-order valence-electron chi connectivity index (χ3n) is 4.04. The standard InChI is InChI=1S/C22H27N3O3.ClH/c1-25(2)16-6-15-23-22(27)19-7-4-5-8-20(19)24-21(26)14-11-17-9-12-18(28-3)13-10-17;/h4-5,7-14H,6,15-16H2,1-3H3,(H,23,27)(H,24,26);1H. The van der Waals surface area contributed by atoms with Crippen LogP contribution in [0, 0.1) is 0 Å². The Hall–Kier alpha value is -2.83. The molecule has 0 aliphatic heterocycles. The Morgan fingerprint density at radius 2 is 1.76 bits per heavy atom. The van der Waals surface area contributed by atoms with Crippen LogP contribution in [0.4, 0.5) is 5.69 Å². The summed E-state index contributed by atoms with van der Waals surface area (Å²) in [7, 11) is 5.59. The second kappa shape index (κ2) is 12.6. The molecule has 0 spiro atoms. The zero-order chi connectivity index (χ0) is 20.4. The summed E-state index contributed by atoms with van der Waals surface area (Å²) < 4.78 is 5.11. The van der Waals surface area contributed by atoms with Gasteiger partial charge in [0.15, 0.2) is 0 Å². The van der Waals surface area contributed by atoms with Crippen molar-refractivity contribution in [2.24, 2.45) is 0 Å². The number of amides is 2. The van der Waals surface area contributed by atoms with Crippen LogP contribution in [0.3, 0.4) is 0 Å². The quantitative estimate of drug-likeness (QED) is 0.484. The van der Waals surface area contributed by atoms with Gasteiger partial charge in [0, 0.05) is 12.6 Å². The molecule has 2 rings (SSSR count). The van der Waals surface area contributed by atoms with Crippen molar-refractivity contribution >= 4 is 36.0 Å². The Balaban J connectivity index is 0.00000420. The summed E-state index contributed by atoms with van der Waals surface area (Å²) in [4.78, 5) is 26.7. The summed E-state index contributed by atoms with van der Waals surface area (Å²) >= 11 is 0. The third kappa shape index (κ3) is 8.37. The average molecular weight is 418 g/mol. The molecular formula is C22H28ClN3O3. The summed E-state index contributed by atoms with van der Waals surface area (Å²) in [6.45, 7) is 1.48. The smallest absolute Gasteiger partial charge is 0.253 e. The molecule has 6 nitrogen and oxygen atoms in total. The second-order valence-electron chi connectivity index (χ2n) is 6.55. The van der Waals surface area contributed by atoms with Gasteiger partial charge in [-0.3, -0.25) is 9.59 Å². The Morgan fingerprint density at radius 1 is 1.07 bits per heavy atom. The Kier molecular flexibility index (Phi) is 10.5. The average Bonchev–Trinajstić information content (AvgIpc) is 2.70. The van der Waals surface area contributed by atoms with Gasteiger partial charge in [0.1, 0.15) is 5.75 Å². The highest BCUT2D eigenvalue weighted by molar-refractivity contribution is 6.07. The number of benzene rings is 2. The van der Waals surface area contributed by atoms with Crippen molar-refractivity contribution in [2.75, 3.05) is 39.6 Å². The number of nitrogens with zero attached hydrogens (tertiary/aromatic N) is 1. The summed E-state index contributed by atoms with van der Waals surface area (Å²) in [5.41, 5.74) is 1.80. The molecule has 0 atom stereocenters. The summed E-state index contributed by atoms with van der Waals surface area (Å²) in [6.07, 6.45) is 4.00. The van der Waals surface area contributed by atoms with Gasteiger partial charge >= 0.3 is 0 Å². The van der Waals surface area contributed by atoms with Crippen LogP contribution in [0.25, 0.3) is 6.08 Å². The summed E-state index contributed by atoms with van der Waals surface area (Å²) in [5, 5.41) is 5.66. The Labute approximate surface area is 178 Å². The number of methoxy groups -OCH3 is 1. The Morgan fingerprint density at radius 3 is 2.41 bits per heavy atom. The molecule has 0 heterocycles. The zero-order valence-corrected chi connectivity index (χ0v) is 17.8. The lowest BCUT2D eigenvalue weighted by molar-refractivity contribution is -0.111. The molecule has 7 heteroatoms. The summed E-state index contributed by atoms with van der Waals surface area (Å²) in [6, 6.07) is 14.3. The maximum absolute atomic E-state index is 12.4. The minimum absolute atomic E-state index is 0. The molecule has 0 aliphatic carbocycles. The van der Waals surface area contributed by atoms with Gasteiger partial charge in [-0.15, -0.1) is 12.4 Å². The number of anilines is 1. The van der Waals surface area contributed by atoms with Crippen LogP contribution in [0.15, 0.2) is 54.6 Å². The molecule has 0 bridgehead atoms. The van der Waals surface area contributed by atoms with E-state index in [1.54, 1.807) is 37.5 Å². The van der Waals surface area contributed by atoms with Crippen LogP contribution in [0.5, 0.6) is 5.75 Å². The van der Waals surface area contributed by atoms with E-state index in [1.807, 2.05) is 38.4 Å². The van der Waals surface area contributed by atoms with Crippen LogP contribution in [0.1, 0.15) is 22.3 Å². The van der Waals surface area contributed by atoms with E-state index in [2.05, 4.69) is 15.5 Å². The molecule has 156 valence electrons. The molecule has 0 saturated heterocycles. The first-order chi connectivity index (χ1) is 13.5. The van der Waals surface area contributed by atoms with Gasteiger partial charge in [0.2, 0.25) is 5.91 Å². The lowest BCUT2D eigenvalue weighted by Gasteiger charge is -2.12. The number of carbonyl (C=O) groups is 2. The van der Waals surface area contributed by atoms with Crippen molar-refractivity contribution in [3.63, 3.8) is 0 Å². The first kappa shape index (κ1) is 24.2. The number of para-hydroxylation sites is 1. The fraction of sp³-hybridized carbons (Fsp3) is 0.273. The molecule has 0 radical (unpaired) electrons. The molecule has 0 aliphatic rings. The lowest BCUT2D eigenvalue weighted by Crippen LogP contribution is -2.28. The maximum atomic E-state index is 12.4. The topological polar surface area (TPSA) is 70.7 Å². The van der Waals surface area contributed by atoms with Gasteiger partial charge in [-0.05, 0) is 63.0 Å². The van der Waals surface area contributed by atoms with E-state index in [0.29, 0.717) is 17.8 Å². The van der Waals surface area contributed by atoms with Crippen molar-refractivity contribution in [1.29, 1.82) is 0 Å². The van der Waals surface area contributed by atoms with Crippen LogP contribution in [-0.4, -0.2) is 51.0 Å². The molecule has 0 saturated carbocycles. The molecule has 2 aromatic carbocycles. The summed E-state index contributed by atoms with van der Waals surface area (Å²) in [5.74, 6) is 0.254. The van der Waals surface area contributed by atoms with Crippen LogP contribution >= 0.6 is 12.4 Å². The van der Waals surface area contributed by atoms with Gasteiger partial charge in [0.05, 0.1) is 18.4 Å². The van der Waals surface area contributed by atoms with Crippen molar-refractivity contribution < 1.29 is 14.3 Å². The number of hydrogen-bond acceptors (Lipinski definition) is 4. The number of nitrogens with one attached hydrogen (secondary N) is 2. The van der Waals surface area contributed by atoms with E-state index in [4.69, 9.17) is 4.74 Å². The van der Waals surface area contributed by atoms with Crippen LogP contribution in [0.2, 0.25) is 0 Å². The monoisotopic (exact) mass is 417 g/mol. The van der Waals surface area contributed by atoms with Crippen LogP contribution in [-0.2, 0) is 4.79 Å². The molecular weight excluding hydrogens is 390 g/mol. The number of carbonyl (C=O) groups excluding carboxylic acids is 2. The lowest BCUT2D eigenvalue weighted by atomic mass is 10.1. The molecule has 0 unspecified atom stereocenters. The SMILES string of the molecule is COc1ccc(C=CC(=O)Nc2ccccc2C(=O)NCCCN(C)C)cc1.Cl. The predicted molar refractivity (Wildman–Crippen MR) is 120 cm³/mol. The molecule has 0 aromatic heterocycles. The van der Waals surface area contributed by atoms with Crippen LogP contribution < -0.4 is 15.4 Å². The van der Waals surface area contributed by atoms with E-state index in [9.17, 15) is 9.59 Å². The Bertz CT molecular complexity index is 820. The second-order valence-corrected chi connectivity index (χ2v) is 6.55. The molecule has 2 N–H and O–H groups in total. The third-order valence-corrected chi connectivity index (χ3v) is 4.04. The van der Waals surface area contributed by atoms with Gasteiger partial charge in [0.25, 0.3) is 5.91 Å². The zero-order valence-electron chi connectivity index (χ0n) is 17.0. The number of rotatable bonds is 9. The highest BCUT2D eigenvalue weighted by Crippen LogP contribution is 2.16. The van der Waals surface area contributed by atoms with E-state index in [1.165, 1.54) is 6.08 Å². The highest BCUT2D eigenvalue weighted by Gasteiger charge is 2.11. The van der Waals surface area contributed by atoms with Crippen molar-refractivity contribution in [3.8, 4) is 5.75 Å². The normalized spacial score (nSPS) is 10.5. The van der Waals surface area contributed by atoms with E-state index in [-0.39, 0.29) is 24.2 Å². The van der Waals surface area contributed by atoms with Gasteiger partial charge < -0.3 is 20.3 Å². The fourth-order valence-electron chi connectivity index (χ4n) is 2.54. The highest BCUT2D eigenvalue weighted by atomic mass is 35.5. The van der Waals surface area contributed by atoms with Gasteiger partial charge in [-0.25, -0.2) is 0 Å². The molecule has 2 aromatic rings. The molecule has 29 heavy (non-hydrogen) atoms. The van der Waals surface area contributed by atoms with Gasteiger partial charge in [-0.1, -0.05) is 24.3 Å². The number of hydrogen-bond donors (Lipinski definition) is 2. The van der Waals surface area contributed by atoms with Crippen molar-refractivity contribution in [3.05, 3.63) is 65.7 Å². The van der Waals surface area contributed by atoms with E-state index < -0.39 is 0 Å². The first-order valence-electron chi connectivity index (χ1n) is 9.14. The fourth-order valence-corrected chi connectivity index (χ4v) is 2.54. The predicted octanol–water partition coefficient (Wildman–Crippen LogP) is 3.45. The largest absolute Gasteiger partial charge is 0.497 e. The maximum Gasteiger partial charge on any atom is 0.253 e. The number of ether oxygens (including phenoxy) is 1. The first-order valence-corrected chi connectivity index (χ1v) is 9.14.